The zero-order valence-electron chi connectivity index (χ0n) is 8.02. The van der Waals surface area contributed by atoms with Crippen molar-refractivity contribution in [1.82, 2.24) is 9.78 Å². The van der Waals surface area contributed by atoms with Crippen LogP contribution in [-0.2, 0) is 0 Å². The van der Waals surface area contributed by atoms with E-state index in [9.17, 15) is 22.0 Å². The lowest BCUT2D eigenvalue weighted by atomic mass is 10.2. The minimum absolute atomic E-state index is 0.117. The van der Waals surface area contributed by atoms with Crippen LogP contribution in [0.5, 0.6) is 0 Å². The third-order valence-corrected chi connectivity index (χ3v) is 2.03. The first-order chi connectivity index (χ1) is 7.93. The topological polar surface area (TPSA) is 43.8 Å². The lowest BCUT2D eigenvalue weighted by Crippen LogP contribution is -2.10. The van der Waals surface area contributed by atoms with Crippen LogP contribution in [-0.4, -0.2) is 9.78 Å². The summed E-state index contributed by atoms with van der Waals surface area (Å²) in [6.45, 7) is 0. The van der Waals surface area contributed by atoms with Crippen molar-refractivity contribution in [2.45, 2.75) is 0 Å². The quantitative estimate of drug-likeness (QED) is 0.478. The minimum atomic E-state index is -2.22. The molecule has 2 N–H and O–H groups in total. The Hall–Kier alpha value is -2.12. The molecule has 0 aliphatic rings. The Morgan fingerprint density at radius 2 is 1.35 bits per heavy atom. The van der Waals surface area contributed by atoms with Gasteiger partial charge in [-0.25, -0.2) is 26.6 Å². The van der Waals surface area contributed by atoms with E-state index in [1.807, 2.05) is 0 Å². The van der Waals surface area contributed by atoms with Gasteiger partial charge in [0.25, 0.3) is 0 Å². The highest BCUT2D eigenvalue weighted by Gasteiger charge is 2.27. The Balaban J connectivity index is 2.78. The number of hydrogen-bond donors (Lipinski definition) is 1. The number of nitrogen functional groups attached to an aromatic ring is 1. The summed E-state index contributed by atoms with van der Waals surface area (Å²) in [7, 11) is 0. The van der Waals surface area contributed by atoms with Crippen LogP contribution < -0.4 is 5.73 Å². The maximum Gasteiger partial charge on any atom is 0.200 e. The maximum absolute atomic E-state index is 13.3. The molecule has 2 aromatic rings. The van der Waals surface area contributed by atoms with Gasteiger partial charge in [-0.15, -0.1) is 0 Å². The number of halogens is 5. The van der Waals surface area contributed by atoms with E-state index in [0.717, 1.165) is 12.3 Å². The molecule has 0 unspecified atom stereocenters. The molecule has 8 heteroatoms. The third-order valence-electron chi connectivity index (χ3n) is 2.03. The van der Waals surface area contributed by atoms with E-state index < -0.39 is 34.8 Å². The smallest absolute Gasteiger partial charge is 0.200 e. The molecule has 1 aromatic heterocycles. The van der Waals surface area contributed by atoms with Gasteiger partial charge in [0, 0.05) is 12.3 Å². The molecule has 0 atom stereocenters. The molecule has 0 aliphatic carbocycles. The summed E-state index contributed by atoms with van der Waals surface area (Å²) in [4.78, 5) is 0. The highest BCUT2D eigenvalue weighted by Crippen LogP contribution is 2.25. The SMILES string of the molecule is Nc1ccn(-c2c(F)c(F)c(F)c(F)c2F)n1. The van der Waals surface area contributed by atoms with Crippen molar-refractivity contribution in [3.8, 4) is 5.69 Å². The molecule has 0 bridgehead atoms. The molecule has 3 nitrogen and oxygen atoms in total. The van der Waals surface area contributed by atoms with Crippen LogP contribution in [0.3, 0.4) is 0 Å². The van der Waals surface area contributed by atoms with Gasteiger partial charge >= 0.3 is 0 Å². The van der Waals surface area contributed by atoms with E-state index in [0.29, 0.717) is 4.68 Å². The number of aromatic nitrogens is 2. The highest BCUT2D eigenvalue weighted by atomic mass is 19.2. The van der Waals surface area contributed by atoms with Crippen LogP contribution in [0.2, 0.25) is 0 Å². The zero-order chi connectivity index (χ0) is 12.7. The van der Waals surface area contributed by atoms with Gasteiger partial charge in [0.2, 0.25) is 5.82 Å². The minimum Gasteiger partial charge on any atom is -0.382 e. The van der Waals surface area contributed by atoms with Crippen LogP contribution in [0, 0.1) is 29.1 Å². The van der Waals surface area contributed by atoms with Gasteiger partial charge in [0.15, 0.2) is 23.3 Å². The van der Waals surface area contributed by atoms with Crippen LogP contribution in [0.25, 0.3) is 5.69 Å². The van der Waals surface area contributed by atoms with Gasteiger partial charge in [-0.05, 0) is 0 Å². The molecule has 90 valence electrons. The van der Waals surface area contributed by atoms with E-state index in [4.69, 9.17) is 5.73 Å². The number of anilines is 1. The largest absolute Gasteiger partial charge is 0.382 e. The average Bonchev–Trinajstić information content (AvgIpc) is 2.71. The fourth-order valence-electron chi connectivity index (χ4n) is 1.26. The first-order valence-corrected chi connectivity index (χ1v) is 4.26. The third kappa shape index (κ3) is 1.61. The summed E-state index contributed by atoms with van der Waals surface area (Å²) in [5.41, 5.74) is 4.02. The van der Waals surface area contributed by atoms with E-state index in [2.05, 4.69) is 5.10 Å². The molecule has 0 aliphatic heterocycles. The van der Waals surface area contributed by atoms with E-state index >= 15 is 0 Å². The molecule has 0 amide bonds. The number of nitrogens with two attached hydrogens (primary N) is 1. The zero-order valence-corrected chi connectivity index (χ0v) is 8.02. The first kappa shape index (κ1) is 11.4. The van der Waals surface area contributed by atoms with Gasteiger partial charge in [-0.1, -0.05) is 0 Å². The molecule has 1 aromatic carbocycles. The summed E-state index contributed by atoms with van der Waals surface area (Å²) >= 11 is 0. The van der Waals surface area contributed by atoms with Crippen molar-refractivity contribution in [2.75, 3.05) is 5.73 Å². The summed E-state index contributed by atoms with van der Waals surface area (Å²) in [6.07, 6.45) is 0.980. The molecule has 17 heavy (non-hydrogen) atoms. The van der Waals surface area contributed by atoms with Crippen LogP contribution in [0.1, 0.15) is 0 Å². The summed E-state index contributed by atoms with van der Waals surface area (Å²) < 4.78 is 65.5. The first-order valence-electron chi connectivity index (χ1n) is 4.26. The highest BCUT2D eigenvalue weighted by molar-refractivity contribution is 5.39. The lowest BCUT2D eigenvalue weighted by molar-refractivity contribution is 0.374. The lowest BCUT2D eigenvalue weighted by Gasteiger charge is -2.07. The average molecular weight is 249 g/mol. The second-order valence-electron chi connectivity index (χ2n) is 3.10. The van der Waals surface area contributed by atoms with Crippen LogP contribution in [0.15, 0.2) is 12.3 Å². The maximum atomic E-state index is 13.3. The fourth-order valence-corrected chi connectivity index (χ4v) is 1.26. The van der Waals surface area contributed by atoms with Gasteiger partial charge in [-0.3, -0.25) is 0 Å². The molecular weight excluding hydrogens is 245 g/mol. The van der Waals surface area contributed by atoms with Crippen molar-refractivity contribution in [2.24, 2.45) is 0 Å². The van der Waals surface area contributed by atoms with Crippen molar-refractivity contribution in [3.63, 3.8) is 0 Å². The predicted molar refractivity (Wildman–Crippen MR) is 47.8 cm³/mol. The van der Waals surface area contributed by atoms with E-state index in [1.165, 1.54) is 0 Å². The van der Waals surface area contributed by atoms with Crippen molar-refractivity contribution < 1.29 is 22.0 Å². The Morgan fingerprint density at radius 1 is 0.882 bits per heavy atom. The molecular formula is C9H4F5N3. The molecule has 0 fully saturated rings. The van der Waals surface area contributed by atoms with Gasteiger partial charge in [0.1, 0.15) is 11.5 Å². The molecule has 0 radical (unpaired) electrons. The number of nitrogens with zero attached hydrogens (tertiary/aromatic N) is 2. The number of rotatable bonds is 1. The Morgan fingerprint density at radius 3 is 1.76 bits per heavy atom. The van der Waals surface area contributed by atoms with Crippen molar-refractivity contribution in [3.05, 3.63) is 41.3 Å². The summed E-state index contributed by atoms with van der Waals surface area (Å²) in [5.74, 6) is -10.3. The van der Waals surface area contributed by atoms with E-state index in [1.54, 1.807) is 0 Å². The number of hydrogen-bond acceptors (Lipinski definition) is 2. The van der Waals surface area contributed by atoms with Crippen LogP contribution >= 0.6 is 0 Å². The van der Waals surface area contributed by atoms with Gasteiger partial charge < -0.3 is 5.73 Å². The predicted octanol–water partition coefficient (Wildman–Crippen LogP) is 2.15. The monoisotopic (exact) mass is 249 g/mol. The van der Waals surface area contributed by atoms with Gasteiger partial charge in [0.05, 0.1) is 0 Å². The number of benzene rings is 1. The molecule has 0 saturated carbocycles. The second kappa shape index (κ2) is 3.72. The molecule has 2 rings (SSSR count). The standard InChI is InChI=1S/C9H4F5N3/c10-4-5(11)7(13)9(8(14)6(4)12)17-2-1-3(15)16-17/h1-2H,(H2,15,16). The Kier molecular flexibility index (Phi) is 2.49. The normalized spacial score (nSPS) is 10.9. The van der Waals surface area contributed by atoms with E-state index in [-0.39, 0.29) is 5.82 Å². The van der Waals surface area contributed by atoms with Crippen molar-refractivity contribution >= 4 is 5.82 Å². The fraction of sp³-hybridized carbons (Fsp3) is 0. The second-order valence-corrected chi connectivity index (χ2v) is 3.10. The van der Waals surface area contributed by atoms with Crippen LogP contribution in [0.4, 0.5) is 27.8 Å². The molecule has 0 spiro atoms. The summed E-state index contributed by atoms with van der Waals surface area (Å²) in [5, 5.41) is 3.37. The summed E-state index contributed by atoms with van der Waals surface area (Å²) in [6, 6.07) is 1.15. The molecule has 1 heterocycles. The Bertz CT molecular complexity index is 564. The van der Waals surface area contributed by atoms with Crippen molar-refractivity contribution in [1.29, 1.82) is 0 Å². The Labute approximate surface area is 91.3 Å². The molecule has 0 saturated heterocycles. The van der Waals surface area contributed by atoms with Gasteiger partial charge in [-0.2, -0.15) is 5.10 Å².